The van der Waals surface area contributed by atoms with Crippen molar-refractivity contribution in [1.82, 2.24) is 0 Å². The maximum atomic E-state index is 9.64. The first-order valence-corrected chi connectivity index (χ1v) is 5.04. The van der Waals surface area contributed by atoms with Crippen LogP contribution in [0.2, 0.25) is 0 Å². The zero-order valence-electron chi connectivity index (χ0n) is 10.2. The zero-order chi connectivity index (χ0) is 11.6. The van der Waals surface area contributed by atoms with Gasteiger partial charge in [0.1, 0.15) is 6.10 Å². The van der Waals surface area contributed by atoms with E-state index < -0.39 is 6.10 Å². The maximum absolute atomic E-state index is 9.64. The van der Waals surface area contributed by atoms with Crippen molar-refractivity contribution in [3.63, 3.8) is 0 Å². The summed E-state index contributed by atoms with van der Waals surface area (Å²) in [5.74, 6) is 0. The molecule has 0 aromatic rings. The van der Waals surface area contributed by atoms with Gasteiger partial charge in [0, 0.05) is 0 Å². The van der Waals surface area contributed by atoms with Gasteiger partial charge in [-0.05, 0) is 26.2 Å². The summed E-state index contributed by atoms with van der Waals surface area (Å²) in [4.78, 5) is 0. The summed E-state index contributed by atoms with van der Waals surface area (Å²) >= 11 is 0. The predicted molar refractivity (Wildman–Crippen MR) is 57.2 cm³/mol. The van der Waals surface area contributed by atoms with Crippen LogP contribution in [0.15, 0.2) is 0 Å². The molecular formula is C11H24O3. The van der Waals surface area contributed by atoms with Crippen LogP contribution < -0.4 is 0 Å². The molecule has 14 heavy (non-hydrogen) atoms. The fraction of sp³-hybridized carbons (Fsp3) is 1.00. The molecule has 0 bridgehead atoms. The lowest BCUT2D eigenvalue weighted by Crippen LogP contribution is -2.46. The Morgan fingerprint density at radius 3 is 1.71 bits per heavy atom. The van der Waals surface area contributed by atoms with Gasteiger partial charge in [-0.3, -0.25) is 0 Å². The minimum atomic E-state index is -0.825. The second-order valence-electron chi connectivity index (χ2n) is 5.77. The van der Waals surface area contributed by atoms with Crippen LogP contribution in [0.4, 0.5) is 0 Å². The fourth-order valence-electron chi connectivity index (χ4n) is 1.31. The number of rotatable bonds is 3. The summed E-state index contributed by atoms with van der Waals surface area (Å²) < 4.78 is 5.74. The van der Waals surface area contributed by atoms with Crippen LogP contribution in [0.1, 0.15) is 41.5 Å². The van der Waals surface area contributed by atoms with Gasteiger partial charge in [-0.1, -0.05) is 20.8 Å². The standard InChI is InChI=1S/C11H24O3/c1-10(2,3)9(8(13)7-12)14-11(4,5)6/h8-9,12-13H,7H2,1-6H3. The van der Waals surface area contributed by atoms with E-state index >= 15 is 0 Å². The highest BCUT2D eigenvalue weighted by Crippen LogP contribution is 2.28. The molecule has 0 spiro atoms. The van der Waals surface area contributed by atoms with E-state index in [4.69, 9.17) is 9.84 Å². The van der Waals surface area contributed by atoms with E-state index in [9.17, 15) is 5.11 Å². The van der Waals surface area contributed by atoms with Crippen molar-refractivity contribution in [2.24, 2.45) is 5.41 Å². The van der Waals surface area contributed by atoms with E-state index in [1.54, 1.807) is 0 Å². The number of aliphatic hydroxyl groups is 2. The Kier molecular flexibility index (Phi) is 4.56. The number of hydrogen-bond donors (Lipinski definition) is 2. The minimum absolute atomic E-state index is 0.185. The molecule has 0 aliphatic heterocycles. The van der Waals surface area contributed by atoms with Crippen molar-refractivity contribution >= 4 is 0 Å². The number of hydrogen-bond acceptors (Lipinski definition) is 3. The molecular weight excluding hydrogens is 180 g/mol. The van der Waals surface area contributed by atoms with E-state index in [-0.39, 0.29) is 23.7 Å². The number of ether oxygens (including phenoxy) is 1. The Labute approximate surface area is 87.1 Å². The quantitative estimate of drug-likeness (QED) is 0.733. The Balaban J connectivity index is 4.58. The average molecular weight is 204 g/mol. The SMILES string of the molecule is CC(C)(C)OC(C(O)CO)C(C)(C)C. The summed E-state index contributed by atoms with van der Waals surface area (Å²) in [7, 11) is 0. The van der Waals surface area contributed by atoms with Gasteiger partial charge in [0.25, 0.3) is 0 Å². The third-order valence-electron chi connectivity index (χ3n) is 1.87. The van der Waals surface area contributed by atoms with E-state index in [2.05, 4.69) is 0 Å². The maximum Gasteiger partial charge on any atom is 0.104 e. The normalized spacial score (nSPS) is 18.0. The second kappa shape index (κ2) is 4.60. The van der Waals surface area contributed by atoms with Crippen molar-refractivity contribution in [1.29, 1.82) is 0 Å². The summed E-state index contributed by atoms with van der Waals surface area (Å²) in [6.45, 7) is 11.5. The van der Waals surface area contributed by atoms with E-state index in [0.717, 1.165) is 0 Å². The summed E-state index contributed by atoms with van der Waals surface area (Å²) in [6.07, 6.45) is -1.18. The van der Waals surface area contributed by atoms with Crippen LogP contribution in [-0.4, -0.2) is 34.6 Å². The summed E-state index contributed by atoms with van der Waals surface area (Å²) in [6, 6.07) is 0. The van der Waals surface area contributed by atoms with Gasteiger partial charge in [-0.2, -0.15) is 0 Å². The number of aliphatic hydroxyl groups excluding tert-OH is 2. The van der Waals surface area contributed by atoms with Crippen LogP contribution in [0.3, 0.4) is 0 Å². The highest BCUT2D eigenvalue weighted by atomic mass is 16.5. The molecule has 0 aromatic heterocycles. The Morgan fingerprint density at radius 2 is 1.50 bits per heavy atom. The third-order valence-corrected chi connectivity index (χ3v) is 1.87. The topological polar surface area (TPSA) is 49.7 Å². The predicted octanol–water partition coefficient (Wildman–Crippen LogP) is 1.57. The summed E-state index contributed by atoms with van der Waals surface area (Å²) in [5, 5.41) is 18.6. The minimum Gasteiger partial charge on any atom is -0.394 e. The molecule has 2 unspecified atom stereocenters. The van der Waals surface area contributed by atoms with Gasteiger partial charge >= 0.3 is 0 Å². The lowest BCUT2D eigenvalue weighted by molar-refractivity contribution is -0.160. The fourth-order valence-corrected chi connectivity index (χ4v) is 1.31. The van der Waals surface area contributed by atoms with Gasteiger partial charge in [0.05, 0.1) is 18.3 Å². The largest absolute Gasteiger partial charge is 0.394 e. The highest BCUT2D eigenvalue weighted by molar-refractivity contribution is 4.83. The van der Waals surface area contributed by atoms with E-state index in [1.807, 2.05) is 41.5 Å². The van der Waals surface area contributed by atoms with Crippen molar-refractivity contribution in [3.8, 4) is 0 Å². The van der Waals surface area contributed by atoms with Gasteiger partial charge < -0.3 is 14.9 Å². The molecule has 2 N–H and O–H groups in total. The molecule has 0 rings (SSSR count). The van der Waals surface area contributed by atoms with E-state index in [1.165, 1.54) is 0 Å². The van der Waals surface area contributed by atoms with E-state index in [0.29, 0.717) is 0 Å². The Bertz CT molecular complexity index is 164. The van der Waals surface area contributed by atoms with Gasteiger partial charge in [-0.25, -0.2) is 0 Å². The zero-order valence-corrected chi connectivity index (χ0v) is 10.2. The Hall–Kier alpha value is -0.120. The van der Waals surface area contributed by atoms with Crippen LogP contribution in [0.25, 0.3) is 0 Å². The molecule has 86 valence electrons. The van der Waals surface area contributed by atoms with Crippen molar-refractivity contribution in [3.05, 3.63) is 0 Å². The van der Waals surface area contributed by atoms with Crippen LogP contribution in [0, 0.1) is 5.41 Å². The van der Waals surface area contributed by atoms with Gasteiger partial charge in [0.2, 0.25) is 0 Å². The molecule has 0 saturated heterocycles. The monoisotopic (exact) mass is 204 g/mol. The highest BCUT2D eigenvalue weighted by Gasteiger charge is 2.34. The average Bonchev–Trinajstić information content (AvgIpc) is 1.95. The lowest BCUT2D eigenvalue weighted by atomic mass is 9.85. The van der Waals surface area contributed by atoms with Crippen LogP contribution >= 0.6 is 0 Å². The molecule has 3 nitrogen and oxygen atoms in total. The molecule has 3 heteroatoms. The van der Waals surface area contributed by atoms with Crippen molar-refractivity contribution < 1.29 is 14.9 Å². The van der Waals surface area contributed by atoms with Crippen LogP contribution in [-0.2, 0) is 4.74 Å². The first-order valence-electron chi connectivity index (χ1n) is 5.04. The molecule has 0 aliphatic carbocycles. The van der Waals surface area contributed by atoms with Crippen molar-refractivity contribution in [2.45, 2.75) is 59.4 Å². The molecule has 0 amide bonds. The molecule has 0 aromatic carbocycles. The molecule has 2 atom stereocenters. The first-order chi connectivity index (χ1) is 6.08. The lowest BCUT2D eigenvalue weighted by Gasteiger charge is -2.38. The van der Waals surface area contributed by atoms with Crippen molar-refractivity contribution in [2.75, 3.05) is 6.61 Å². The Morgan fingerprint density at radius 1 is 1.07 bits per heavy atom. The first kappa shape index (κ1) is 13.9. The smallest absolute Gasteiger partial charge is 0.104 e. The van der Waals surface area contributed by atoms with Gasteiger partial charge in [0.15, 0.2) is 0 Å². The second-order valence-corrected chi connectivity index (χ2v) is 5.77. The molecule has 0 heterocycles. The molecule has 0 aliphatic rings. The molecule has 0 fully saturated rings. The summed E-state index contributed by atoms with van der Waals surface area (Å²) in [5.41, 5.74) is -0.497. The molecule has 0 radical (unpaired) electrons. The van der Waals surface area contributed by atoms with Crippen LogP contribution in [0.5, 0.6) is 0 Å². The third kappa shape index (κ3) is 4.94. The molecule has 0 saturated carbocycles. The van der Waals surface area contributed by atoms with Gasteiger partial charge in [-0.15, -0.1) is 0 Å².